The minimum atomic E-state index is -4.65. The summed E-state index contributed by atoms with van der Waals surface area (Å²) in [6.07, 6.45) is -4.65. The summed E-state index contributed by atoms with van der Waals surface area (Å²) >= 11 is 0. The number of hydrogen-bond acceptors (Lipinski definition) is 3. The minimum Gasteiger partial charge on any atom is -0.405 e. The van der Waals surface area contributed by atoms with Crippen LogP contribution in [0.15, 0.2) is 18.2 Å². The molecule has 0 spiro atoms. The molecule has 0 amide bonds. The highest BCUT2D eigenvalue weighted by atomic mass is 19.4. The predicted octanol–water partition coefficient (Wildman–Crippen LogP) is 2.65. The molecule has 0 aliphatic carbocycles. The third-order valence-corrected chi connectivity index (χ3v) is 3.27. The van der Waals surface area contributed by atoms with Gasteiger partial charge in [0.15, 0.2) is 0 Å². The van der Waals surface area contributed by atoms with Gasteiger partial charge in [0.25, 0.3) is 0 Å². The molecule has 106 valence electrons. The van der Waals surface area contributed by atoms with Gasteiger partial charge in [0, 0.05) is 37.9 Å². The lowest BCUT2D eigenvalue weighted by Gasteiger charge is -2.34. The lowest BCUT2D eigenvalue weighted by atomic mass is 10.1. The fraction of sp³-hybridized carbons (Fsp3) is 0.538. The quantitative estimate of drug-likeness (QED) is 0.824. The van der Waals surface area contributed by atoms with Gasteiger partial charge in [-0.2, -0.15) is 0 Å². The van der Waals surface area contributed by atoms with E-state index in [1.54, 1.807) is 13.0 Å². The topological polar surface area (TPSA) is 15.7 Å². The number of aryl methyl sites for hydroxylation is 1. The fourth-order valence-electron chi connectivity index (χ4n) is 2.08. The van der Waals surface area contributed by atoms with E-state index in [0.29, 0.717) is 5.56 Å². The highest BCUT2D eigenvalue weighted by Crippen LogP contribution is 2.30. The van der Waals surface area contributed by atoms with Crippen molar-refractivity contribution < 1.29 is 17.9 Å². The molecule has 2 rings (SSSR count). The average Bonchev–Trinajstić information content (AvgIpc) is 2.31. The Morgan fingerprint density at radius 3 is 2.32 bits per heavy atom. The van der Waals surface area contributed by atoms with E-state index >= 15 is 0 Å². The number of likely N-dealkylation sites (N-methyl/N-ethyl adjacent to an activating group) is 1. The monoisotopic (exact) mass is 274 g/mol. The molecule has 3 nitrogen and oxygen atoms in total. The van der Waals surface area contributed by atoms with Crippen molar-refractivity contribution in [3.63, 3.8) is 0 Å². The summed E-state index contributed by atoms with van der Waals surface area (Å²) in [6, 6.07) is 4.97. The second kappa shape index (κ2) is 5.28. The Morgan fingerprint density at radius 2 is 1.74 bits per heavy atom. The molecule has 19 heavy (non-hydrogen) atoms. The van der Waals surface area contributed by atoms with Crippen molar-refractivity contribution in [2.75, 3.05) is 38.1 Å². The predicted molar refractivity (Wildman–Crippen MR) is 67.6 cm³/mol. The van der Waals surface area contributed by atoms with E-state index < -0.39 is 6.36 Å². The fourth-order valence-corrected chi connectivity index (χ4v) is 2.08. The number of rotatable bonds is 2. The molecule has 0 atom stereocenters. The van der Waals surface area contributed by atoms with Crippen molar-refractivity contribution in [3.8, 4) is 5.75 Å². The average molecular weight is 274 g/mol. The number of alkyl halides is 3. The van der Waals surface area contributed by atoms with E-state index in [1.165, 1.54) is 6.07 Å². The van der Waals surface area contributed by atoms with Crippen molar-refractivity contribution in [1.82, 2.24) is 4.90 Å². The van der Waals surface area contributed by atoms with Gasteiger partial charge in [-0.05, 0) is 25.6 Å². The van der Waals surface area contributed by atoms with E-state index in [9.17, 15) is 13.2 Å². The Labute approximate surface area is 110 Å². The maximum Gasteiger partial charge on any atom is 0.573 e. The molecule has 0 saturated carbocycles. The van der Waals surface area contributed by atoms with Gasteiger partial charge in [-0.3, -0.25) is 0 Å². The van der Waals surface area contributed by atoms with Crippen LogP contribution in [0.5, 0.6) is 5.75 Å². The molecule has 6 heteroatoms. The van der Waals surface area contributed by atoms with Crippen LogP contribution in [0.1, 0.15) is 5.56 Å². The Morgan fingerprint density at radius 1 is 1.11 bits per heavy atom. The Kier molecular flexibility index (Phi) is 3.89. The summed E-state index contributed by atoms with van der Waals surface area (Å²) in [4.78, 5) is 4.26. The third kappa shape index (κ3) is 3.76. The summed E-state index contributed by atoms with van der Waals surface area (Å²) in [6.45, 7) is 5.04. The van der Waals surface area contributed by atoms with Gasteiger partial charge in [-0.1, -0.05) is 6.07 Å². The SMILES string of the molecule is Cc1ccc(N2CCN(C)CC2)cc1OC(F)(F)F. The van der Waals surface area contributed by atoms with Gasteiger partial charge in [0.1, 0.15) is 5.75 Å². The van der Waals surface area contributed by atoms with E-state index in [0.717, 1.165) is 31.9 Å². The Balaban J connectivity index is 2.16. The number of ether oxygens (including phenoxy) is 1. The molecule has 0 unspecified atom stereocenters. The number of anilines is 1. The second-order valence-corrected chi connectivity index (χ2v) is 4.79. The smallest absolute Gasteiger partial charge is 0.405 e. The molecular formula is C13H17F3N2O. The Hall–Kier alpha value is -1.43. The first-order chi connectivity index (χ1) is 8.85. The van der Waals surface area contributed by atoms with Gasteiger partial charge in [0.2, 0.25) is 0 Å². The molecule has 0 aromatic heterocycles. The van der Waals surface area contributed by atoms with Crippen LogP contribution >= 0.6 is 0 Å². The molecule has 1 heterocycles. The summed E-state index contributed by atoms with van der Waals surface area (Å²) in [7, 11) is 2.03. The molecule has 1 saturated heterocycles. The molecule has 0 bridgehead atoms. The molecule has 1 aliphatic heterocycles. The summed E-state index contributed by atoms with van der Waals surface area (Å²) in [5.41, 5.74) is 1.26. The van der Waals surface area contributed by atoms with Crippen LogP contribution in [-0.2, 0) is 0 Å². The van der Waals surface area contributed by atoms with Crippen LogP contribution in [0.25, 0.3) is 0 Å². The molecule has 1 aromatic rings. The van der Waals surface area contributed by atoms with Crippen LogP contribution in [0.3, 0.4) is 0 Å². The van der Waals surface area contributed by atoms with E-state index in [1.807, 2.05) is 13.1 Å². The summed E-state index contributed by atoms with van der Waals surface area (Å²) < 4.78 is 41.0. The van der Waals surface area contributed by atoms with E-state index in [-0.39, 0.29) is 5.75 Å². The number of benzene rings is 1. The molecule has 0 radical (unpaired) electrons. The zero-order valence-electron chi connectivity index (χ0n) is 11.0. The molecule has 1 fully saturated rings. The number of hydrogen-bond donors (Lipinski definition) is 0. The van der Waals surface area contributed by atoms with E-state index in [2.05, 4.69) is 14.5 Å². The minimum absolute atomic E-state index is 0.121. The zero-order valence-corrected chi connectivity index (χ0v) is 11.0. The molecule has 1 aromatic carbocycles. The van der Waals surface area contributed by atoms with Crippen molar-refractivity contribution >= 4 is 5.69 Å². The van der Waals surface area contributed by atoms with Gasteiger partial charge < -0.3 is 14.5 Å². The molecular weight excluding hydrogens is 257 g/mol. The summed E-state index contributed by atoms with van der Waals surface area (Å²) in [5, 5.41) is 0. The first-order valence-electron chi connectivity index (χ1n) is 6.15. The zero-order chi connectivity index (χ0) is 14.0. The Bertz CT molecular complexity index is 440. The highest BCUT2D eigenvalue weighted by Gasteiger charge is 2.32. The third-order valence-electron chi connectivity index (χ3n) is 3.27. The maximum atomic E-state index is 12.3. The number of nitrogens with zero attached hydrogens (tertiary/aromatic N) is 2. The second-order valence-electron chi connectivity index (χ2n) is 4.79. The van der Waals surface area contributed by atoms with Crippen LogP contribution in [-0.4, -0.2) is 44.5 Å². The van der Waals surface area contributed by atoms with Crippen molar-refractivity contribution in [2.24, 2.45) is 0 Å². The normalized spacial score (nSPS) is 17.6. The van der Waals surface area contributed by atoms with Crippen LogP contribution in [0, 0.1) is 6.92 Å². The number of piperazine rings is 1. The maximum absolute atomic E-state index is 12.3. The van der Waals surface area contributed by atoms with Gasteiger partial charge in [-0.15, -0.1) is 13.2 Å². The summed E-state index contributed by atoms with van der Waals surface area (Å²) in [5.74, 6) is -0.121. The molecule has 0 N–H and O–H groups in total. The standard InChI is InChI=1S/C13H17F3N2O/c1-10-3-4-11(9-12(10)19-13(14,15)16)18-7-5-17(2)6-8-18/h3-4,9H,5-8H2,1-2H3. The van der Waals surface area contributed by atoms with Crippen LogP contribution in [0.2, 0.25) is 0 Å². The molecule has 1 aliphatic rings. The van der Waals surface area contributed by atoms with Crippen LogP contribution in [0.4, 0.5) is 18.9 Å². The van der Waals surface area contributed by atoms with Gasteiger partial charge in [-0.25, -0.2) is 0 Å². The van der Waals surface area contributed by atoms with Gasteiger partial charge in [0.05, 0.1) is 0 Å². The van der Waals surface area contributed by atoms with Crippen molar-refractivity contribution in [2.45, 2.75) is 13.3 Å². The first-order valence-corrected chi connectivity index (χ1v) is 6.15. The highest BCUT2D eigenvalue weighted by molar-refractivity contribution is 5.54. The first kappa shape index (κ1) is 14.0. The largest absolute Gasteiger partial charge is 0.573 e. The number of halogens is 3. The van der Waals surface area contributed by atoms with Crippen molar-refractivity contribution in [1.29, 1.82) is 0 Å². The van der Waals surface area contributed by atoms with E-state index in [4.69, 9.17) is 0 Å². The van der Waals surface area contributed by atoms with Crippen LogP contribution < -0.4 is 9.64 Å². The lowest BCUT2D eigenvalue weighted by Crippen LogP contribution is -2.44. The lowest BCUT2D eigenvalue weighted by molar-refractivity contribution is -0.274. The van der Waals surface area contributed by atoms with Gasteiger partial charge >= 0.3 is 6.36 Å². The van der Waals surface area contributed by atoms with Crippen molar-refractivity contribution in [3.05, 3.63) is 23.8 Å².